The molecule has 148 valence electrons. The van der Waals surface area contributed by atoms with E-state index in [1.54, 1.807) is 6.07 Å². The minimum atomic E-state index is -1.01. The van der Waals surface area contributed by atoms with E-state index in [1.165, 1.54) is 6.08 Å². The molecule has 1 aliphatic rings. The summed E-state index contributed by atoms with van der Waals surface area (Å²) >= 11 is 0. The van der Waals surface area contributed by atoms with Gasteiger partial charge in [0, 0.05) is 11.6 Å². The van der Waals surface area contributed by atoms with Gasteiger partial charge in [0.1, 0.15) is 11.0 Å². The largest absolute Gasteiger partial charge is 0.478 e. The second-order valence-corrected chi connectivity index (χ2v) is 8.10. The van der Waals surface area contributed by atoms with Crippen LogP contribution in [0.1, 0.15) is 57.8 Å². The van der Waals surface area contributed by atoms with E-state index >= 15 is 0 Å². The zero-order chi connectivity index (χ0) is 20.4. The van der Waals surface area contributed by atoms with Crippen molar-refractivity contribution in [2.75, 3.05) is 0 Å². The molecule has 1 aliphatic carbocycles. The number of ether oxygens (including phenoxy) is 1. The van der Waals surface area contributed by atoms with Crippen molar-refractivity contribution in [1.29, 1.82) is 0 Å². The van der Waals surface area contributed by atoms with Gasteiger partial charge >= 0.3 is 11.9 Å². The summed E-state index contributed by atoms with van der Waals surface area (Å²) in [4.78, 5) is 28.3. The molecule has 0 spiro atoms. The summed E-state index contributed by atoms with van der Waals surface area (Å²) in [5.41, 5.74) is 0.114. The van der Waals surface area contributed by atoms with Crippen molar-refractivity contribution in [1.82, 2.24) is 15.2 Å². The molecule has 0 aliphatic heterocycles. The summed E-state index contributed by atoms with van der Waals surface area (Å²) in [6, 6.07) is 7.30. The van der Waals surface area contributed by atoms with E-state index in [-0.39, 0.29) is 5.97 Å². The van der Waals surface area contributed by atoms with Crippen molar-refractivity contribution in [3.63, 3.8) is 0 Å². The molecule has 7 nitrogen and oxygen atoms in total. The fraction of sp³-hybridized carbons (Fsp3) is 0.429. The number of aromatic amines is 1. The van der Waals surface area contributed by atoms with Crippen LogP contribution in [0.3, 0.4) is 0 Å². The molecule has 1 heterocycles. The minimum absolute atomic E-state index is 0.277. The van der Waals surface area contributed by atoms with E-state index in [1.807, 2.05) is 39.0 Å². The molecule has 0 bridgehead atoms. The number of hydrogen-bond acceptors (Lipinski definition) is 5. The third-order valence-corrected chi connectivity index (χ3v) is 4.74. The number of carboxylic acid groups (broad SMARTS) is 1. The Kier molecular flexibility index (Phi) is 5.36. The van der Waals surface area contributed by atoms with Crippen molar-refractivity contribution in [3.8, 4) is 11.4 Å². The number of aromatic nitrogens is 3. The molecular formula is C21H25N3O4. The molecule has 0 radical (unpaired) electrons. The quantitative estimate of drug-likeness (QED) is 0.602. The molecule has 7 heteroatoms. The van der Waals surface area contributed by atoms with Gasteiger partial charge in [-0.15, -0.1) is 0 Å². The summed E-state index contributed by atoms with van der Waals surface area (Å²) in [5.74, 6) is -0.287. The number of carbonyl (C=O) groups is 2. The zero-order valence-corrected chi connectivity index (χ0v) is 16.4. The van der Waals surface area contributed by atoms with Gasteiger partial charge in [-0.3, -0.25) is 9.89 Å². The van der Waals surface area contributed by atoms with Crippen LogP contribution in [0.2, 0.25) is 0 Å². The van der Waals surface area contributed by atoms with Gasteiger partial charge < -0.3 is 9.84 Å². The number of aliphatic carboxylic acids is 1. The van der Waals surface area contributed by atoms with E-state index < -0.39 is 17.0 Å². The van der Waals surface area contributed by atoms with Crippen LogP contribution in [0.15, 0.2) is 30.3 Å². The predicted molar refractivity (Wildman–Crippen MR) is 104 cm³/mol. The number of H-pyrrole nitrogens is 1. The second-order valence-electron chi connectivity index (χ2n) is 8.10. The molecule has 0 unspecified atom stereocenters. The van der Waals surface area contributed by atoms with Crippen LogP contribution in [0, 0.1) is 0 Å². The topological polar surface area (TPSA) is 105 Å². The van der Waals surface area contributed by atoms with Gasteiger partial charge in [0.25, 0.3) is 0 Å². The SMILES string of the molecule is CC(C)(C)OC(=O)C1(c2n[nH]c(-c3cccc(C=CC(=O)O)c3)n2)CCCC1. The highest BCUT2D eigenvalue weighted by molar-refractivity contribution is 5.85. The Morgan fingerprint density at radius 3 is 2.61 bits per heavy atom. The second kappa shape index (κ2) is 7.58. The van der Waals surface area contributed by atoms with Crippen molar-refractivity contribution in [3.05, 3.63) is 41.7 Å². The number of nitrogens with one attached hydrogen (secondary N) is 1. The number of carboxylic acids is 1. The lowest BCUT2D eigenvalue weighted by atomic mass is 9.85. The Bertz CT molecular complexity index is 902. The van der Waals surface area contributed by atoms with E-state index in [0.29, 0.717) is 24.5 Å². The average molecular weight is 383 g/mol. The fourth-order valence-corrected chi connectivity index (χ4v) is 3.44. The van der Waals surface area contributed by atoms with Gasteiger partial charge in [-0.05, 0) is 51.3 Å². The van der Waals surface area contributed by atoms with Gasteiger partial charge in [-0.1, -0.05) is 31.0 Å². The first-order valence-corrected chi connectivity index (χ1v) is 9.37. The maximum Gasteiger partial charge on any atom is 0.328 e. The van der Waals surface area contributed by atoms with E-state index in [2.05, 4.69) is 15.2 Å². The highest BCUT2D eigenvalue weighted by Crippen LogP contribution is 2.41. The molecule has 1 saturated carbocycles. The third-order valence-electron chi connectivity index (χ3n) is 4.74. The number of benzene rings is 1. The van der Waals surface area contributed by atoms with Gasteiger partial charge in [-0.25, -0.2) is 9.78 Å². The molecule has 28 heavy (non-hydrogen) atoms. The maximum absolute atomic E-state index is 13.0. The van der Waals surface area contributed by atoms with Crippen molar-refractivity contribution < 1.29 is 19.4 Å². The first-order chi connectivity index (χ1) is 13.2. The van der Waals surface area contributed by atoms with Crippen molar-refractivity contribution in [2.45, 2.75) is 57.5 Å². The lowest BCUT2D eigenvalue weighted by molar-refractivity contribution is -0.162. The summed E-state index contributed by atoms with van der Waals surface area (Å²) in [5, 5.41) is 16.1. The zero-order valence-electron chi connectivity index (χ0n) is 16.4. The lowest BCUT2D eigenvalue weighted by Gasteiger charge is -2.28. The Hall–Kier alpha value is -2.96. The number of rotatable bonds is 5. The Balaban J connectivity index is 1.91. The number of esters is 1. The van der Waals surface area contributed by atoms with Gasteiger partial charge in [0.15, 0.2) is 11.6 Å². The molecule has 2 N–H and O–H groups in total. The highest BCUT2D eigenvalue weighted by atomic mass is 16.6. The molecule has 1 aromatic carbocycles. The van der Waals surface area contributed by atoms with E-state index in [0.717, 1.165) is 30.0 Å². The number of nitrogens with zero attached hydrogens (tertiary/aromatic N) is 2. The molecule has 0 amide bonds. The van der Waals surface area contributed by atoms with Crippen molar-refractivity contribution in [2.24, 2.45) is 0 Å². The number of carbonyl (C=O) groups excluding carboxylic acids is 1. The molecule has 3 rings (SSSR count). The number of hydrogen-bond donors (Lipinski definition) is 2. The Labute approximate surface area is 163 Å². The average Bonchev–Trinajstić information content (AvgIpc) is 3.29. The summed E-state index contributed by atoms with van der Waals surface area (Å²) < 4.78 is 5.67. The predicted octanol–water partition coefficient (Wildman–Crippen LogP) is 3.72. The minimum Gasteiger partial charge on any atom is -0.478 e. The summed E-state index contributed by atoms with van der Waals surface area (Å²) in [7, 11) is 0. The summed E-state index contributed by atoms with van der Waals surface area (Å²) in [6.45, 7) is 5.56. The highest BCUT2D eigenvalue weighted by Gasteiger charge is 2.48. The van der Waals surface area contributed by atoms with Crippen LogP contribution in [-0.2, 0) is 19.7 Å². The molecule has 0 atom stereocenters. The van der Waals surface area contributed by atoms with Crippen molar-refractivity contribution >= 4 is 18.0 Å². The third kappa shape index (κ3) is 4.30. The van der Waals surface area contributed by atoms with Crippen LogP contribution in [0.5, 0.6) is 0 Å². The van der Waals surface area contributed by atoms with Gasteiger partial charge in [0.2, 0.25) is 0 Å². The Morgan fingerprint density at radius 1 is 1.25 bits per heavy atom. The molecule has 1 fully saturated rings. The Morgan fingerprint density at radius 2 is 1.96 bits per heavy atom. The molecule has 0 saturated heterocycles. The lowest BCUT2D eigenvalue weighted by Crippen LogP contribution is -2.40. The van der Waals surface area contributed by atoms with Crippen LogP contribution in [-0.4, -0.2) is 37.8 Å². The van der Waals surface area contributed by atoms with Gasteiger partial charge in [-0.2, -0.15) is 5.10 Å². The van der Waals surface area contributed by atoms with Crippen LogP contribution in [0.4, 0.5) is 0 Å². The molecular weight excluding hydrogens is 358 g/mol. The normalized spacial score (nSPS) is 16.4. The fourth-order valence-electron chi connectivity index (χ4n) is 3.44. The van der Waals surface area contributed by atoms with Crippen LogP contribution in [0.25, 0.3) is 17.5 Å². The maximum atomic E-state index is 13.0. The van der Waals surface area contributed by atoms with E-state index in [4.69, 9.17) is 9.84 Å². The molecule has 1 aromatic heterocycles. The standard InChI is InChI=1S/C21H25N3O4/c1-20(2,3)28-19(27)21(11-4-5-12-21)18-22-17(23-24-18)15-8-6-7-14(13-15)9-10-16(25)26/h6-10,13H,4-5,11-12H2,1-3H3,(H,25,26)(H,22,23,24). The summed E-state index contributed by atoms with van der Waals surface area (Å²) in [6.07, 6.45) is 5.79. The first kappa shape index (κ1) is 19.8. The van der Waals surface area contributed by atoms with Crippen LogP contribution < -0.4 is 0 Å². The molecule has 2 aromatic rings. The van der Waals surface area contributed by atoms with Gasteiger partial charge in [0.05, 0.1) is 0 Å². The van der Waals surface area contributed by atoms with E-state index in [9.17, 15) is 9.59 Å². The first-order valence-electron chi connectivity index (χ1n) is 9.37. The van der Waals surface area contributed by atoms with Crippen LogP contribution >= 0.6 is 0 Å². The smallest absolute Gasteiger partial charge is 0.328 e. The monoisotopic (exact) mass is 383 g/mol.